The molecule has 0 bridgehead atoms. The van der Waals surface area contributed by atoms with E-state index in [0.29, 0.717) is 12.8 Å². The van der Waals surface area contributed by atoms with Crippen LogP contribution in [0.1, 0.15) is 52.4 Å². The minimum absolute atomic E-state index is 0.207. The molecule has 0 rings (SSSR count). The maximum absolute atomic E-state index is 11.6. The molecule has 0 aromatic heterocycles. The van der Waals surface area contributed by atoms with Gasteiger partial charge in [-0.3, -0.25) is 4.79 Å². The molecule has 0 aromatic rings. The third-order valence-electron chi connectivity index (χ3n) is 2.57. The van der Waals surface area contributed by atoms with Gasteiger partial charge in [0.2, 0.25) is 5.91 Å². The molecule has 0 aliphatic heterocycles. The van der Waals surface area contributed by atoms with Gasteiger partial charge in [0.05, 0.1) is 12.1 Å². The highest BCUT2D eigenvalue weighted by Gasteiger charge is 2.16. The molecule has 0 spiro atoms. The Kier molecular flexibility index (Phi) is 8.81. The van der Waals surface area contributed by atoms with Crippen molar-refractivity contribution in [3.05, 3.63) is 0 Å². The topological polar surface area (TPSA) is 72.2 Å². The largest absolute Gasteiger partial charge is 0.345 e. The summed E-state index contributed by atoms with van der Waals surface area (Å²) in [7, 11) is 0. The first-order valence-corrected chi connectivity index (χ1v) is 6.16. The van der Waals surface area contributed by atoms with Crippen LogP contribution in [0.2, 0.25) is 0 Å². The summed E-state index contributed by atoms with van der Waals surface area (Å²) in [6, 6.07) is -0.857. The Morgan fingerprint density at radius 1 is 1.25 bits per heavy atom. The fourth-order valence-corrected chi connectivity index (χ4v) is 1.44. The van der Waals surface area contributed by atoms with Crippen LogP contribution in [0.3, 0.4) is 0 Å². The van der Waals surface area contributed by atoms with E-state index in [2.05, 4.69) is 19.2 Å². The van der Waals surface area contributed by atoms with Crippen molar-refractivity contribution in [3.63, 3.8) is 0 Å². The van der Waals surface area contributed by atoms with Gasteiger partial charge in [-0.05, 0) is 12.8 Å². The first-order valence-electron chi connectivity index (χ1n) is 6.16. The van der Waals surface area contributed by atoms with Gasteiger partial charge in [0.15, 0.2) is 0 Å². The normalized spacial score (nSPS) is 14.2. The van der Waals surface area contributed by atoms with Crippen molar-refractivity contribution in [2.75, 3.05) is 0 Å². The van der Waals surface area contributed by atoms with E-state index in [1.165, 1.54) is 0 Å². The van der Waals surface area contributed by atoms with E-state index in [1.807, 2.05) is 0 Å². The van der Waals surface area contributed by atoms with Gasteiger partial charge in [-0.1, -0.05) is 39.5 Å². The first-order chi connectivity index (χ1) is 7.65. The van der Waals surface area contributed by atoms with Gasteiger partial charge in [-0.25, -0.2) is 0 Å². The van der Waals surface area contributed by atoms with Gasteiger partial charge in [0.25, 0.3) is 0 Å². The van der Waals surface area contributed by atoms with E-state index in [0.717, 1.165) is 32.0 Å². The molecule has 3 N–H and O–H groups in total. The number of rotatable bonds is 9. The van der Waals surface area contributed by atoms with Crippen LogP contribution in [0, 0.1) is 0 Å². The molecular weight excluding hydrogens is 204 g/mol. The zero-order chi connectivity index (χ0) is 12.4. The van der Waals surface area contributed by atoms with Crippen molar-refractivity contribution >= 4 is 12.2 Å². The Balaban J connectivity index is 3.93. The molecule has 4 heteroatoms. The van der Waals surface area contributed by atoms with Crippen molar-refractivity contribution in [1.29, 1.82) is 0 Å². The highest BCUT2D eigenvalue weighted by Crippen LogP contribution is 2.01. The summed E-state index contributed by atoms with van der Waals surface area (Å²) < 4.78 is 0. The van der Waals surface area contributed by atoms with Crippen molar-refractivity contribution in [2.24, 2.45) is 5.73 Å². The SMILES string of the molecule is CCCC[C@H](C=O)NC(=O)[C@@H](N)CCCC. The van der Waals surface area contributed by atoms with Gasteiger partial charge in [-0.2, -0.15) is 0 Å². The number of unbranched alkanes of at least 4 members (excludes halogenated alkanes) is 2. The van der Waals surface area contributed by atoms with Crippen molar-refractivity contribution in [1.82, 2.24) is 5.32 Å². The molecule has 2 atom stereocenters. The second-order valence-corrected chi connectivity index (χ2v) is 4.14. The number of carbonyl (C=O) groups excluding carboxylic acids is 2. The molecular formula is C12H24N2O2. The summed E-state index contributed by atoms with van der Waals surface area (Å²) in [6.07, 6.45) is 6.09. The van der Waals surface area contributed by atoms with Gasteiger partial charge in [0.1, 0.15) is 6.29 Å². The molecule has 0 saturated carbocycles. The van der Waals surface area contributed by atoms with Crippen LogP contribution in [-0.4, -0.2) is 24.3 Å². The van der Waals surface area contributed by atoms with Crippen LogP contribution in [0.5, 0.6) is 0 Å². The summed E-state index contributed by atoms with van der Waals surface area (Å²) >= 11 is 0. The molecule has 0 saturated heterocycles. The first kappa shape index (κ1) is 15.1. The second kappa shape index (κ2) is 9.33. The lowest BCUT2D eigenvalue weighted by Crippen LogP contribution is -2.46. The summed E-state index contributed by atoms with van der Waals surface area (Å²) in [4.78, 5) is 22.3. The highest BCUT2D eigenvalue weighted by molar-refractivity contribution is 5.84. The van der Waals surface area contributed by atoms with Gasteiger partial charge in [0, 0.05) is 0 Å². The van der Waals surface area contributed by atoms with Gasteiger partial charge >= 0.3 is 0 Å². The molecule has 16 heavy (non-hydrogen) atoms. The van der Waals surface area contributed by atoms with Crippen LogP contribution >= 0.6 is 0 Å². The monoisotopic (exact) mass is 228 g/mol. The van der Waals surface area contributed by atoms with E-state index in [4.69, 9.17) is 5.73 Å². The van der Waals surface area contributed by atoms with E-state index in [9.17, 15) is 9.59 Å². The molecule has 0 radical (unpaired) electrons. The lowest BCUT2D eigenvalue weighted by atomic mass is 10.1. The number of hydrogen-bond acceptors (Lipinski definition) is 3. The predicted molar refractivity (Wildman–Crippen MR) is 65.0 cm³/mol. The standard InChI is InChI=1S/C12H24N2O2/c1-3-5-7-10(9-15)14-12(16)11(13)8-6-4-2/h9-11H,3-8,13H2,1-2H3,(H,14,16)/t10-,11+/m1/s1. The molecule has 0 unspecified atom stereocenters. The highest BCUT2D eigenvalue weighted by atomic mass is 16.2. The molecule has 0 fully saturated rings. The Morgan fingerprint density at radius 2 is 1.81 bits per heavy atom. The summed E-state index contributed by atoms with van der Waals surface area (Å²) in [5.41, 5.74) is 5.71. The van der Waals surface area contributed by atoms with Gasteiger partial charge in [-0.15, -0.1) is 0 Å². The molecule has 0 heterocycles. The second-order valence-electron chi connectivity index (χ2n) is 4.14. The zero-order valence-corrected chi connectivity index (χ0v) is 10.4. The number of nitrogens with one attached hydrogen (secondary N) is 1. The average molecular weight is 228 g/mol. The minimum Gasteiger partial charge on any atom is -0.345 e. The van der Waals surface area contributed by atoms with E-state index >= 15 is 0 Å². The molecule has 4 nitrogen and oxygen atoms in total. The average Bonchev–Trinajstić information content (AvgIpc) is 2.30. The van der Waals surface area contributed by atoms with Crippen LogP contribution in [0.25, 0.3) is 0 Å². The number of nitrogens with two attached hydrogens (primary N) is 1. The number of aldehydes is 1. The number of hydrogen-bond donors (Lipinski definition) is 2. The Hall–Kier alpha value is -0.900. The van der Waals surface area contributed by atoms with Crippen molar-refractivity contribution < 1.29 is 9.59 Å². The maximum atomic E-state index is 11.6. The Bertz CT molecular complexity index is 207. The lowest BCUT2D eigenvalue weighted by Gasteiger charge is -2.16. The number of amides is 1. The molecule has 0 aliphatic carbocycles. The third kappa shape index (κ3) is 6.56. The quantitative estimate of drug-likeness (QED) is 0.586. The smallest absolute Gasteiger partial charge is 0.237 e. The maximum Gasteiger partial charge on any atom is 0.237 e. The zero-order valence-electron chi connectivity index (χ0n) is 10.4. The van der Waals surface area contributed by atoms with Gasteiger partial charge < -0.3 is 15.8 Å². The summed E-state index contributed by atoms with van der Waals surface area (Å²) in [5, 5.41) is 2.68. The minimum atomic E-state index is -0.482. The van der Waals surface area contributed by atoms with E-state index in [-0.39, 0.29) is 11.9 Å². The molecule has 1 amide bonds. The molecule has 0 aromatic carbocycles. The fraction of sp³-hybridized carbons (Fsp3) is 0.833. The number of carbonyl (C=O) groups is 2. The van der Waals surface area contributed by atoms with E-state index in [1.54, 1.807) is 0 Å². The fourth-order valence-electron chi connectivity index (χ4n) is 1.44. The van der Waals surface area contributed by atoms with Crippen LogP contribution in [0.4, 0.5) is 0 Å². The van der Waals surface area contributed by atoms with Crippen molar-refractivity contribution in [2.45, 2.75) is 64.5 Å². The Labute approximate surface area is 98.0 Å². The van der Waals surface area contributed by atoms with E-state index < -0.39 is 6.04 Å². The third-order valence-corrected chi connectivity index (χ3v) is 2.57. The van der Waals surface area contributed by atoms with Crippen LogP contribution in [-0.2, 0) is 9.59 Å². The molecule has 0 aliphatic rings. The van der Waals surface area contributed by atoms with Crippen LogP contribution in [0.15, 0.2) is 0 Å². The summed E-state index contributed by atoms with van der Waals surface area (Å²) in [6.45, 7) is 4.11. The Morgan fingerprint density at radius 3 is 2.31 bits per heavy atom. The predicted octanol–water partition coefficient (Wildman–Crippen LogP) is 1.38. The van der Waals surface area contributed by atoms with Crippen LogP contribution < -0.4 is 11.1 Å². The molecule has 94 valence electrons. The lowest BCUT2D eigenvalue weighted by molar-refractivity contribution is -0.125. The van der Waals surface area contributed by atoms with Crippen molar-refractivity contribution in [3.8, 4) is 0 Å². The summed E-state index contributed by atoms with van der Waals surface area (Å²) in [5.74, 6) is -0.207.